The second-order valence-electron chi connectivity index (χ2n) is 9.62. The van der Waals surface area contributed by atoms with E-state index in [9.17, 15) is 4.39 Å². The fourth-order valence-corrected chi connectivity index (χ4v) is 4.87. The first-order chi connectivity index (χ1) is 14.6. The highest BCUT2D eigenvalue weighted by Gasteiger charge is 2.17. The van der Waals surface area contributed by atoms with Crippen LogP contribution in [0.4, 0.5) is 4.39 Å². The topological polar surface area (TPSA) is 0 Å². The number of unbranched alkanes of at least 4 members (excludes halogenated alkanes) is 4. The van der Waals surface area contributed by atoms with Gasteiger partial charge in [-0.15, -0.1) is 0 Å². The summed E-state index contributed by atoms with van der Waals surface area (Å²) in [6.07, 6.45) is 21.3. The molecule has 1 heteroatoms. The van der Waals surface area contributed by atoms with E-state index in [0.29, 0.717) is 0 Å². The Hall–Kier alpha value is -1.63. The zero-order valence-electron chi connectivity index (χ0n) is 19.5. The Balaban J connectivity index is 1.41. The Bertz CT molecular complexity index is 780. The summed E-state index contributed by atoms with van der Waals surface area (Å²) in [5.41, 5.74) is 5.90. The van der Waals surface area contributed by atoms with Crippen molar-refractivity contribution < 1.29 is 4.39 Å². The maximum Gasteiger partial charge on any atom is 0.130 e. The van der Waals surface area contributed by atoms with E-state index in [4.69, 9.17) is 0 Å². The monoisotopic (exact) mass is 408 g/mol. The molecule has 164 valence electrons. The van der Waals surface area contributed by atoms with Crippen LogP contribution in [0.5, 0.6) is 0 Å². The van der Waals surface area contributed by atoms with E-state index in [1.54, 1.807) is 6.07 Å². The van der Waals surface area contributed by atoms with Crippen LogP contribution in [0.2, 0.25) is 0 Å². The van der Waals surface area contributed by atoms with Gasteiger partial charge in [0.2, 0.25) is 0 Å². The zero-order chi connectivity index (χ0) is 21.3. The fourth-order valence-electron chi connectivity index (χ4n) is 4.87. The molecule has 30 heavy (non-hydrogen) atoms. The van der Waals surface area contributed by atoms with E-state index in [1.165, 1.54) is 56.1 Å². The molecule has 0 radical (unpaired) electrons. The lowest BCUT2D eigenvalue weighted by atomic mass is 9.83. The van der Waals surface area contributed by atoms with Gasteiger partial charge in [0.1, 0.15) is 5.82 Å². The van der Waals surface area contributed by atoms with Gasteiger partial charge in [-0.3, -0.25) is 0 Å². The van der Waals surface area contributed by atoms with Crippen LogP contribution < -0.4 is 0 Å². The average molecular weight is 409 g/mol. The van der Waals surface area contributed by atoms with Crippen molar-refractivity contribution in [2.45, 2.75) is 97.8 Å². The minimum Gasteiger partial charge on any atom is -0.206 e. The first-order valence-electron chi connectivity index (χ1n) is 12.5. The molecule has 1 aromatic rings. The average Bonchev–Trinajstić information content (AvgIpc) is 2.77. The summed E-state index contributed by atoms with van der Waals surface area (Å²) < 4.78 is 14.8. The van der Waals surface area contributed by atoms with Crippen LogP contribution in [0.3, 0.4) is 0 Å². The number of fused-ring (bicyclic) bond motifs is 1. The summed E-state index contributed by atoms with van der Waals surface area (Å²) >= 11 is 0. The number of hydrogen-bond donors (Lipinski definition) is 0. The largest absolute Gasteiger partial charge is 0.206 e. The SMILES string of the molecule is CCC(C)C(C)CCCCCCCc1ccc(C2=CC3=CCCC=C3CC2)c(F)c1. The van der Waals surface area contributed by atoms with Crippen molar-refractivity contribution in [3.8, 4) is 0 Å². The van der Waals surface area contributed by atoms with Crippen molar-refractivity contribution in [2.24, 2.45) is 11.8 Å². The highest BCUT2D eigenvalue weighted by Crippen LogP contribution is 2.36. The third-order valence-electron chi connectivity index (χ3n) is 7.41. The molecule has 0 amide bonds. The summed E-state index contributed by atoms with van der Waals surface area (Å²) in [5.74, 6) is 1.67. The Kier molecular flexibility index (Phi) is 8.97. The summed E-state index contributed by atoms with van der Waals surface area (Å²) in [5, 5.41) is 0. The maximum atomic E-state index is 14.8. The molecule has 2 atom stereocenters. The number of rotatable bonds is 11. The number of allylic oxidation sites excluding steroid dienone is 6. The Labute approximate surface area is 184 Å². The molecule has 2 aliphatic rings. The van der Waals surface area contributed by atoms with Crippen molar-refractivity contribution in [1.29, 1.82) is 0 Å². The lowest BCUT2D eigenvalue weighted by Crippen LogP contribution is -2.06. The third-order valence-corrected chi connectivity index (χ3v) is 7.41. The van der Waals surface area contributed by atoms with Gasteiger partial charge in [0.05, 0.1) is 0 Å². The minimum atomic E-state index is -0.0402. The number of aryl methyl sites for hydroxylation is 1. The quantitative estimate of drug-likeness (QED) is 0.320. The minimum absolute atomic E-state index is 0.0402. The summed E-state index contributed by atoms with van der Waals surface area (Å²) in [6, 6.07) is 5.95. The van der Waals surface area contributed by atoms with Crippen molar-refractivity contribution in [3.63, 3.8) is 0 Å². The molecule has 2 aliphatic carbocycles. The van der Waals surface area contributed by atoms with Crippen LogP contribution in [0.1, 0.15) is 103 Å². The van der Waals surface area contributed by atoms with Gasteiger partial charge in [-0.1, -0.05) is 89.7 Å². The molecule has 0 N–H and O–H groups in total. The predicted octanol–water partition coefficient (Wildman–Crippen LogP) is 9.21. The van der Waals surface area contributed by atoms with E-state index in [0.717, 1.165) is 60.6 Å². The molecule has 2 unspecified atom stereocenters. The van der Waals surface area contributed by atoms with Crippen molar-refractivity contribution in [3.05, 3.63) is 64.5 Å². The molecule has 0 nitrogen and oxygen atoms in total. The second kappa shape index (κ2) is 11.7. The third kappa shape index (κ3) is 6.43. The van der Waals surface area contributed by atoms with Crippen LogP contribution in [-0.4, -0.2) is 0 Å². The first-order valence-corrected chi connectivity index (χ1v) is 12.5. The lowest BCUT2D eigenvalue weighted by Gasteiger charge is -2.22. The number of halogens is 1. The van der Waals surface area contributed by atoms with Gasteiger partial charge in [-0.25, -0.2) is 4.39 Å². The molecule has 0 aliphatic heterocycles. The first kappa shape index (κ1) is 23.0. The summed E-state index contributed by atoms with van der Waals surface area (Å²) in [7, 11) is 0. The molecule has 3 rings (SSSR count). The molecule has 0 heterocycles. The van der Waals surface area contributed by atoms with E-state index < -0.39 is 0 Å². The van der Waals surface area contributed by atoms with E-state index in [-0.39, 0.29) is 5.82 Å². The molecular weight excluding hydrogens is 367 g/mol. The fraction of sp³-hybridized carbons (Fsp3) is 0.586. The molecule has 0 bridgehead atoms. The molecule has 0 fully saturated rings. The molecule has 0 saturated heterocycles. The van der Waals surface area contributed by atoms with Gasteiger partial charge >= 0.3 is 0 Å². The van der Waals surface area contributed by atoms with Gasteiger partial charge in [0.15, 0.2) is 0 Å². The molecule has 0 saturated carbocycles. The van der Waals surface area contributed by atoms with Gasteiger partial charge in [0.25, 0.3) is 0 Å². The molecule has 0 spiro atoms. The molecule has 0 aromatic heterocycles. The van der Waals surface area contributed by atoms with Crippen LogP contribution in [0.25, 0.3) is 5.57 Å². The molecular formula is C29H41F. The Morgan fingerprint density at radius 3 is 2.40 bits per heavy atom. The van der Waals surface area contributed by atoms with Gasteiger partial charge in [0, 0.05) is 5.56 Å². The molecule has 1 aromatic carbocycles. The van der Waals surface area contributed by atoms with Gasteiger partial charge in [-0.2, -0.15) is 0 Å². The van der Waals surface area contributed by atoms with Crippen molar-refractivity contribution in [2.75, 3.05) is 0 Å². The second-order valence-corrected chi connectivity index (χ2v) is 9.62. The van der Waals surface area contributed by atoms with Gasteiger partial charge < -0.3 is 0 Å². The van der Waals surface area contributed by atoms with E-state index in [1.807, 2.05) is 6.07 Å². The standard InChI is InChI=1S/C29H41F/c1-4-22(2)23(3)12-8-6-5-7-9-13-24-16-19-28(29(30)20-24)27-18-17-25-14-10-11-15-26(25)21-27/h14-16,19-23H,4-13,17-18H2,1-3H3. The van der Waals surface area contributed by atoms with Crippen LogP contribution >= 0.6 is 0 Å². The highest BCUT2D eigenvalue weighted by molar-refractivity contribution is 5.73. The van der Waals surface area contributed by atoms with Crippen molar-refractivity contribution in [1.82, 2.24) is 0 Å². The summed E-state index contributed by atoms with van der Waals surface area (Å²) in [6.45, 7) is 7.07. The Morgan fingerprint density at radius 2 is 1.60 bits per heavy atom. The van der Waals surface area contributed by atoms with E-state index >= 15 is 0 Å². The van der Waals surface area contributed by atoms with Crippen molar-refractivity contribution >= 4 is 5.57 Å². The zero-order valence-corrected chi connectivity index (χ0v) is 19.5. The van der Waals surface area contributed by atoms with Crippen LogP contribution in [0, 0.1) is 17.7 Å². The highest BCUT2D eigenvalue weighted by atomic mass is 19.1. The smallest absolute Gasteiger partial charge is 0.130 e. The number of hydrogen-bond acceptors (Lipinski definition) is 0. The lowest BCUT2D eigenvalue weighted by molar-refractivity contribution is 0.342. The van der Waals surface area contributed by atoms with Crippen LogP contribution in [0.15, 0.2) is 47.6 Å². The predicted molar refractivity (Wildman–Crippen MR) is 129 cm³/mol. The summed E-state index contributed by atoms with van der Waals surface area (Å²) in [4.78, 5) is 0. The van der Waals surface area contributed by atoms with Crippen LogP contribution in [-0.2, 0) is 6.42 Å². The number of benzene rings is 1. The van der Waals surface area contributed by atoms with Gasteiger partial charge in [-0.05, 0) is 78.7 Å². The Morgan fingerprint density at radius 1 is 0.867 bits per heavy atom. The maximum absolute atomic E-state index is 14.8. The van der Waals surface area contributed by atoms with E-state index in [2.05, 4.69) is 45.1 Å². The normalized spacial score (nSPS) is 18.2.